The van der Waals surface area contributed by atoms with Crippen molar-refractivity contribution in [1.82, 2.24) is 0 Å². The average Bonchev–Trinajstić information content (AvgIpc) is 2.34. The van der Waals surface area contributed by atoms with Crippen LogP contribution < -0.4 is 0 Å². The van der Waals surface area contributed by atoms with Crippen LogP contribution in [-0.2, 0) is 0 Å². The number of nitro groups is 1. The maximum absolute atomic E-state index is 10.1. The first-order valence-electron chi connectivity index (χ1n) is 3.14. The molecule has 0 fully saturated rings. The molecule has 0 bridgehead atoms. The smallest absolute Gasteiger partial charge is 0.358 e. The van der Waals surface area contributed by atoms with Gasteiger partial charge in [0.1, 0.15) is 0 Å². The van der Waals surface area contributed by atoms with Gasteiger partial charge in [-0.2, -0.15) is 0 Å². The van der Waals surface area contributed by atoms with Crippen LogP contribution in [0.15, 0.2) is 17.1 Å². The first kappa shape index (κ1) is 6.92. The van der Waals surface area contributed by atoms with E-state index in [0.717, 1.165) is 6.42 Å². The zero-order valence-corrected chi connectivity index (χ0v) is 5.65. The van der Waals surface area contributed by atoms with E-state index in [-0.39, 0.29) is 11.9 Å². The molecule has 54 valence electrons. The standard InChI is InChI=1S/C6H8N2O2/c1-2-5-3-4-6(7-5)8(9)10/h3-5H,2H2,1H3. The van der Waals surface area contributed by atoms with Crippen molar-refractivity contribution in [2.45, 2.75) is 19.4 Å². The topological polar surface area (TPSA) is 55.5 Å². The minimum atomic E-state index is -0.466. The van der Waals surface area contributed by atoms with Gasteiger partial charge in [-0.3, -0.25) is 0 Å². The van der Waals surface area contributed by atoms with Gasteiger partial charge >= 0.3 is 5.84 Å². The van der Waals surface area contributed by atoms with E-state index in [1.54, 1.807) is 6.08 Å². The molecule has 1 unspecified atom stereocenters. The predicted molar refractivity (Wildman–Crippen MR) is 37.6 cm³/mol. The lowest BCUT2D eigenvalue weighted by atomic mass is 10.2. The first-order chi connectivity index (χ1) is 4.74. The van der Waals surface area contributed by atoms with E-state index < -0.39 is 4.92 Å². The summed E-state index contributed by atoms with van der Waals surface area (Å²) < 4.78 is 0. The predicted octanol–water partition coefficient (Wildman–Crippen LogP) is 1.01. The van der Waals surface area contributed by atoms with Crippen molar-refractivity contribution >= 4 is 5.84 Å². The van der Waals surface area contributed by atoms with Crippen LogP contribution in [0.5, 0.6) is 0 Å². The van der Waals surface area contributed by atoms with Gasteiger partial charge in [-0.1, -0.05) is 11.9 Å². The summed E-state index contributed by atoms with van der Waals surface area (Å²) in [5, 5.41) is 10.1. The zero-order chi connectivity index (χ0) is 7.56. The molecule has 0 aromatic rings. The molecular weight excluding hydrogens is 132 g/mol. The van der Waals surface area contributed by atoms with E-state index in [1.165, 1.54) is 6.08 Å². The molecule has 0 N–H and O–H groups in total. The highest BCUT2D eigenvalue weighted by atomic mass is 16.6. The maximum atomic E-state index is 10.1. The quantitative estimate of drug-likeness (QED) is 0.403. The average molecular weight is 140 g/mol. The summed E-state index contributed by atoms with van der Waals surface area (Å²) in [5.74, 6) is -0.0214. The number of aliphatic imine (C=N–C) groups is 1. The molecule has 4 heteroatoms. The molecule has 1 heterocycles. The fraction of sp³-hybridized carbons (Fsp3) is 0.500. The minimum Gasteiger partial charge on any atom is -0.358 e. The zero-order valence-electron chi connectivity index (χ0n) is 5.65. The van der Waals surface area contributed by atoms with E-state index in [9.17, 15) is 10.1 Å². The largest absolute Gasteiger partial charge is 0.358 e. The Morgan fingerprint density at radius 3 is 2.90 bits per heavy atom. The van der Waals surface area contributed by atoms with Gasteiger partial charge < -0.3 is 10.1 Å². The van der Waals surface area contributed by atoms with E-state index >= 15 is 0 Å². The van der Waals surface area contributed by atoms with Crippen molar-refractivity contribution in [1.29, 1.82) is 0 Å². The molecular formula is C6H8N2O2. The molecule has 4 nitrogen and oxygen atoms in total. The molecule has 1 aliphatic heterocycles. The van der Waals surface area contributed by atoms with Crippen molar-refractivity contribution in [3.8, 4) is 0 Å². The highest BCUT2D eigenvalue weighted by Crippen LogP contribution is 2.07. The SMILES string of the molecule is CCC1C=CC([N+](=O)[O-])=N1. The Hall–Kier alpha value is -1.19. The van der Waals surface area contributed by atoms with Gasteiger partial charge in [0.05, 0.1) is 0 Å². The summed E-state index contributed by atoms with van der Waals surface area (Å²) in [7, 11) is 0. The molecule has 0 aromatic carbocycles. The second kappa shape index (κ2) is 2.60. The molecule has 0 radical (unpaired) electrons. The Balaban J connectivity index is 2.68. The Labute approximate surface area is 58.4 Å². The van der Waals surface area contributed by atoms with Crippen molar-refractivity contribution in [2.75, 3.05) is 0 Å². The van der Waals surface area contributed by atoms with Crippen LogP contribution in [0, 0.1) is 10.1 Å². The molecule has 1 aliphatic rings. The summed E-state index contributed by atoms with van der Waals surface area (Å²) in [5.41, 5.74) is 0. The Kier molecular flexibility index (Phi) is 1.80. The molecule has 0 saturated heterocycles. The van der Waals surface area contributed by atoms with Crippen LogP contribution >= 0.6 is 0 Å². The highest BCUT2D eigenvalue weighted by molar-refractivity contribution is 5.88. The van der Waals surface area contributed by atoms with Gasteiger partial charge in [0.25, 0.3) is 0 Å². The van der Waals surface area contributed by atoms with Gasteiger partial charge in [-0.15, -0.1) is 0 Å². The van der Waals surface area contributed by atoms with Crippen LogP contribution in [0.2, 0.25) is 0 Å². The lowest BCUT2D eigenvalue weighted by Crippen LogP contribution is -2.06. The summed E-state index contributed by atoms with van der Waals surface area (Å²) in [4.78, 5) is 13.4. The van der Waals surface area contributed by atoms with Gasteiger partial charge in [0.15, 0.2) is 6.04 Å². The molecule has 10 heavy (non-hydrogen) atoms. The van der Waals surface area contributed by atoms with E-state index in [0.29, 0.717) is 0 Å². The van der Waals surface area contributed by atoms with E-state index in [2.05, 4.69) is 4.99 Å². The Bertz CT molecular complexity index is 208. The third-order valence-electron chi connectivity index (χ3n) is 1.37. The lowest BCUT2D eigenvalue weighted by molar-refractivity contribution is -0.348. The molecule has 1 atom stereocenters. The normalized spacial score (nSPS) is 22.9. The first-order valence-corrected chi connectivity index (χ1v) is 3.14. The third-order valence-corrected chi connectivity index (χ3v) is 1.37. The van der Waals surface area contributed by atoms with Crippen LogP contribution in [0.1, 0.15) is 13.3 Å². The summed E-state index contributed by atoms with van der Waals surface area (Å²) >= 11 is 0. The van der Waals surface area contributed by atoms with E-state index in [1.807, 2.05) is 6.92 Å². The van der Waals surface area contributed by atoms with Crippen LogP contribution in [0.3, 0.4) is 0 Å². The number of nitrogens with zero attached hydrogens (tertiary/aromatic N) is 2. The van der Waals surface area contributed by atoms with Crippen LogP contribution in [0.4, 0.5) is 0 Å². The molecule has 1 rings (SSSR count). The van der Waals surface area contributed by atoms with Gasteiger partial charge in [-0.25, -0.2) is 0 Å². The summed E-state index contributed by atoms with van der Waals surface area (Å²) in [6.07, 6.45) is 4.03. The summed E-state index contributed by atoms with van der Waals surface area (Å²) in [6, 6.07) is 0.0281. The fourth-order valence-electron chi connectivity index (χ4n) is 0.788. The number of amidine groups is 1. The number of hydrogen-bond acceptors (Lipinski definition) is 3. The second-order valence-electron chi connectivity index (χ2n) is 2.08. The van der Waals surface area contributed by atoms with Crippen LogP contribution in [-0.4, -0.2) is 16.8 Å². The third kappa shape index (κ3) is 1.21. The lowest BCUT2D eigenvalue weighted by Gasteiger charge is -1.88. The van der Waals surface area contributed by atoms with Crippen molar-refractivity contribution in [3.63, 3.8) is 0 Å². The van der Waals surface area contributed by atoms with Crippen molar-refractivity contribution < 1.29 is 4.92 Å². The highest BCUT2D eigenvalue weighted by Gasteiger charge is 2.19. The second-order valence-corrected chi connectivity index (χ2v) is 2.08. The van der Waals surface area contributed by atoms with Crippen molar-refractivity contribution in [3.05, 3.63) is 22.3 Å². The maximum Gasteiger partial charge on any atom is 0.358 e. The Morgan fingerprint density at radius 1 is 1.90 bits per heavy atom. The number of rotatable bonds is 1. The van der Waals surface area contributed by atoms with Gasteiger partial charge in [-0.05, 0) is 17.4 Å². The molecule has 0 amide bonds. The van der Waals surface area contributed by atoms with E-state index in [4.69, 9.17) is 0 Å². The van der Waals surface area contributed by atoms with Gasteiger partial charge in [0, 0.05) is 6.08 Å². The number of hydrogen-bond donors (Lipinski definition) is 0. The molecule has 0 spiro atoms. The van der Waals surface area contributed by atoms with Gasteiger partial charge in [0.2, 0.25) is 0 Å². The molecule has 0 aromatic heterocycles. The van der Waals surface area contributed by atoms with Crippen molar-refractivity contribution in [2.24, 2.45) is 4.99 Å². The molecule has 0 aliphatic carbocycles. The monoisotopic (exact) mass is 140 g/mol. The Morgan fingerprint density at radius 2 is 2.60 bits per heavy atom. The molecule has 0 saturated carbocycles. The minimum absolute atomic E-state index is 0.0214. The van der Waals surface area contributed by atoms with Crippen LogP contribution in [0.25, 0.3) is 0 Å². The summed E-state index contributed by atoms with van der Waals surface area (Å²) in [6.45, 7) is 1.95. The fourth-order valence-corrected chi connectivity index (χ4v) is 0.788.